The first kappa shape index (κ1) is 14.9. The van der Waals surface area contributed by atoms with E-state index in [0.717, 1.165) is 19.3 Å². The van der Waals surface area contributed by atoms with E-state index in [9.17, 15) is 8.42 Å². The van der Waals surface area contributed by atoms with Gasteiger partial charge in [-0.05, 0) is 25.2 Å². The first-order valence-corrected chi connectivity index (χ1v) is 7.85. The number of hydrogen-bond acceptors (Lipinski definition) is 4. The minimum absolute atomic E-state index is 0.0498. The molecule has 0 aromatic rings. The lowest BCUT2D eigenvalue weighted by molar-refractivity contribution is 0.0605. The quantitative estimate of drug-likeness (QED) is 0.754. The minimum atomic E-state index is -3.20. The first-order valence-electron chi connectivity index (χ1n) is 6.24. The van der Waals surface area contributed by atoms with Crippen molar-refractivity contribution in [2.75, 3.05) is 32.6 Å². The Morgan fingerprint density at radius 1 is 1.41 bits per heavy atom. The van der Waals surface area contributed by atoms with Crippen molar-refractivity contribution in [2.24, 2.45) is 11.7 Å². The van der Waals surface area contributed by atoms with Gasteiger partial charge in [0.05, 0.1) is 5.75 Å². The number of sulfonamides is 1. The van der Waals surface area contributed by atoms with E-state index in [-0.39, 0.29) is 17.7 Å². The van der Waals surface area contributed by atoms with Gasteiger partial charge in [0.2, 0.25) is 10.0 Å². The van der Waals surface area contributed by atoms with E-state index in [1.54, 1.807) is 7.05 Å². The molecule has 1 saturated heterocycles. The third-order valence-corrected chi connectivity index (χ3v) is 5.23. The summed E-state index contributed by atoms with van der Waals surface area (Å²) >= 11 is 0. The van der Waals surface area contributed by atoms with Gasteiger partial charge < -0.3 is 10.5 Å². The molecule has 17 heavy (non-hydrogen) atoms. The number of rotatable bonds is 6. The summed E-state index contributed by atoms with van der Waals surface area (Å²) in [6.07, 6.45) is 2.56. The van der Waals surface area contributed by atoms with Gasteiger partial charge >= 0.3 is 0 Å². The summed E-state index contributed by atoms with van der Waals surface area (Å²) in [6.45, 7) is 3.92. The molecule has 1 atom stereocenters. The van der Waals surface area contributed by atoms with E-state index in [2.05, 4.69) is 0 Å². The Hall–Kier alpha value is -0.170. The highest BCUT2D eigenvalue weighted by Gasteiger charge is 2.27. The van der Waals surface area contributed by atoms with E-state index in [4.69, 9.17) is 10.5 Å². The number of nitrogens with two attached hydrogens (primary N) is 1. The average Bonchev–Trinajstić information content (AvgIpc) is 2.30. The van der Waals surface area contributed by atoms with Crippen LogP contribution in [0.2, 0.25) is 0 Å². The van der Waals surface area contributed by atoms with Gasteiger partial charge in [0.15, 0.2) is 0 Å². The summed E-state index contributed by atoms with van der Waals surface area (Å²) in [5, 5.41) is 0. The second kappa shape index (κ2) is 6.68. The molecule has 6 heteroatoms. The van der Waals surface area contributed by atoms with Gasteiger partial charge in [0, 0.05) is 32.8 Å². The van der Waals surface area contributed by atoms with Crippen molar-refractivity contribution in [3.05, 3.63) is 0 Å². The Morgan fingerprint density at radius 2 is 2.00 bits per heavy atom. The molecule has 0 aromatic carbocycles. The highest BCUT2D eigenvalue weighted by molar-refractivity contribution is 7.89. The summed E-state index contributed by atoms with van der Waals surface area (Å²) in [5.41, 5.74) is 6.01. The van der Waals surface area contributed by atoms with Crippen molar-refractivity contribution in [3.8, 4) is 0 Å². The molecule has 102 valence electrons. The topological polar surface area (TPSA) is 72.6 Å². The SMILES string of the molecule is CCCN(C)S(=O)(=O)CC(N)C1CCOCC1. The molecule has 1 rings (SSSR count). The van der Waals surface area contributed by atoms with Crippen LogP contribution in [0.4, 0.5) is 0 Å². The Morgan fingerprint density at radius 3 is 2.53 bits per heavy atom. The standard InChI is InChI=1S/C11H24N2O3S/c1-3-6-13(2)17(14,15)9-11(12)10-4-7-16-8-5-10/h10-11H,3-9,12H2,1-2H3. The molecule has 0 aliphatic carbocycles. The molecule has 1 aliphatic heterocycles. The van der Waals surface area contributed by atoms with Crippen molar-refractivity contribution >= 4 is 10.0 Å². The molecule has 0 saturated carbocycles. The van der Waals surface area contributed by atoms with Crippen LogP contribution in [0.1, 0.15) is 26.2 Å². The maximum absolute atomic E-state index is 12.0. The lowest BCUT2D eigenvalue weighted by atomic mass is 9.94. The molecule has 0 amide bonds. The first-order chi connectivity index (χ1) is 7.97. The maximum Gasteiger partial charge on any atom is 0.215 e. The van der Waals surface area contributed by atoms with E-state index >= 15 is 0 Å². The lowest BCUT2D eigenvalue weighted by Gasteiger charge is -2.28. The van der Waals surface area contributed by atoms with Crippen LogP contribution in [0.5, 0.6) is 0 Å². The largest absolute Gasteiger partial charge is 0.381 e. The molecule has 1 fully saturated rings. The predicted octanol–water partition coefficient (Wildman–Crippen LogP) is 0.412. The highest BCUT2D eigenvalue weighted by atomic mass is 32.2. The van der Waals surface area contributed by atoms with Crippen LogP contribution in [0.3, 0.4) is 0 Å². The molecular weight excluding hydrogens is 240 g/mol. The maximum atomic E-state index is 12.0. The Bertz CT molecular complexity index is 313. The monoisotopic (exact) mass is 264 g/mol. The van der Waals surface area contributed by atoms with E-state index in [1.807, 2.05) is 6.92 Å². The Labute approximate surface area is 104 Å². The number of nitrogens with zero attached hydrogens (tertiary/aromatic N) is 1. The van der Waals surface area contributed by atoms with E-state index in [0.29, 0.717) is 19.8 Å². The van der Waals surface area contributed by atoms with Gasteiger partial charge in [-0.2, -0.15) is 0 Å². The van der Waals surface area contributed by atoms with Crippen LogP contribution in [0.25, 0.3) is 0 Å². The molecule has 1 unspecified atom stereocenters. The lowest BCUT2D eigenvalue weighted by Crippen LogP contribution is -2.43. The van der Waals surface area contributed by atoms with Crippen molar-refractivity contribution < 1.29 is 13.2 Å². The fourth-order valence-corrected chi connectivity index (χ4v) is 3.58. The molecular formula is C11H24N2O3S. The van der Waals surface area contributed by atoms with Gasteiger partial charge in [0.1, 0.15) is 0 Å². The molecule has 0 spiro atoms. The van der Waals surface area contributed by atoms with Crippen molar-refractivity contribution in [1.29, 1.82) is 0 Å². The van der Waals surface area contributed by atoms with Crippen molar-refractivity contribution in [2.45, 2.75) is 32.2 Å². The van der Waals surface area contributed by atoms with Crippen LogP contribution in [-0.4, -0.2) is 51.3 Å². The van der Waals surface area contributed by atoms with Gasteiger partial charge in [-0.25, -0.2) is 12.7 Å². The van der Waals surface area contributed by atoms with Crippen molar-refractivity contribution in [1.82, 2.24) is 4.31 Å². The summed E-state index contributed by atoms with van der Waals surface area (Å²) < 4.78 is 30.6. The third-order valence-electron chi connectivity index (χ3n) is 3.29. The van der Waals surface area contributed by atoms with Gasteiger partial charge in [-0.1, -0.05) is 6.92 Å². The summed E-state index contributed by atoms with van der Waals surface area (Å²) in [7, 11) is -1.58. The molecule has 0 aromatic heterocycles. The van der Waals surface area contributed by atoms with Crippen LogP contribution >= 0.6 is 0 Å². The molecule has 5 nitrogen and oxygen atoms in total. The van der Waals surface area contributed by atoms with Crippen LogP contribution < -0.4 is 5.73 Å². The Balaban J connectivity index is 2.51. The average molecular weight is 264 g/mol. The normalized spacial score (nSPS) is 20.7. The zero-order chi connectivity index (χ0) is 12.9. The zero-order valence-corrected chi connectivity index (χ0v) is 11.6. The van der Waals surface area contributed by atoms with Crippen LogP contribution in [-0.2, 0) is 14.8 Å². The summed E-state index contributed by atoms with van der Waals surface area (Å²) in [6, 6.07) is -0.275. The number of ether oxygens (including phenoxy) is 1. The Kier molecular flexibility index (Phi) is 5.85. The van der Waals surface area contributed by atoms with Crippen LogP contribution in [0, 0.1) is 5.92 Å². The molecule has 0 bridgehead atoms. The van der Waals surface area contributed by atoms with E-state index < -0.39 is 10.0 Å². The van der Waals surface area contributed by atoms with Gasteiger partial charge in [-0.15, -0.1) is 0 Å². The van der Waals surface area contributed by atoms with Gasteiger partial charge in [0.25, 0.3) is 0 Å². The second-order valence-electron chi connectivity index (χ2n) is 4.71. The molecule has 1 heterocycles. The van der Waals surface area contributed by atoms with Crippen LogP contribution in [0.15, 0.2) is 0 Å². The second-order valence-corrected chi connectivity index (χ2v) is 6.83. The zero-order valence-electron chi connectivity index (χ0n) is 10.8. The summed E-state index contributed by atoms with van der Waals surface area (Å²) in [4.78, 5) is 0. The number of hydrogen-bond donors (Lipinski definition) is 1. The highest BCUT2D eigenvalue weighted by Crippen LogP contribution is 2.19. The smallest absolute Gasteiger partial charge is 0.215 e. The fraction of sp³-hybridized carbons (Fsp3) is 1.00. The fourth-order valence-electron chi connectivity index (χ4n) is 2.10. The van der Waals surface area contributed by atoms with Gasteiger partial charge in [-0.3, -0.25) is 0 Å². The molecule has 2 N–H and O–H groups in total. The van der Waals surface area contributed by atoms with Crippen molar-refractivity contribution in [3.63, 3.8) is 0 Å². The van der Waals surface area contributed by atoms with E-state index in [1.165, 1.54) is 4.31 Å². The molecule has 0 radical (unpaired) electrons. The molecule has 1 aliphatic rings. The minimum Gasteiger partial charge on any atom is -0.381 e. The summed E-state index contributed by atoms with van der Waals surface area (Å²) in [5.74, 6) is 0.322. The predicted molar refractivity (Wildman–Crippen MR) is 68.2 cm³/mol. The third kappa shape index (κ3) is 4.54.